The molecule has 5 rings (SSSR count). The zero-order valence-corrected chi connectivity index (χ0v) is 17.6. The second-order valence-electron chi connectivity index (χ2n) is 8.68. The van der Waals surface area contributed by atoms with Crippen LogP contribution in [0.3, 0.4) is 0 Å². The monoisotopic (exact) mass is 420 g/mol. The first-order valence-corrected chi connectivity index (χ1v) is 10.2. The van der Waals surface area contributed by atoms with E-state index in [-0.39, 0.29) is 18.7 Å². The van der Waals surface area contributed by atoms with Crippen molar-refractivity contribution in [3.8, 4) is 22.4 Å². The van der Waals surface area contributed by atoms with E-state index in [4.69, 9.17) is 4.98 Å². The lowest BCUT2D eigenvalue weighted by Gasteiger charge is -2.11. The van der Waals surface area contributed by atoms with Crippen molar-refractivity contribution in [2.24, 2.45) is 12.5 Å². The minimum atomic E-state index is -2.73. The minimum Gasteiger partial charge on any atom is -0.290 e. The van der Waals surface area contributed by atoms with Crippen molar-refractivity contribution in [1.82, 2.24) is 19.1 Å². The van der Waals surface area contributed by atoms with Crippen LogP contribution in [-0.4, -0.2) is 25.0 Å². The number of aryl methyl sites for hydroxylation is 2. The number of fused-ring (bicyclic) bond motifs is 1. The normalized spacial score (nSPS) is 19.6. The van der Waals surface area contributed by atoms with Gasteiger partial charge in [0.1, 0.15) is 0 Å². The molecule has 1 aliphatic carbocycles. The van der Waals surface area contributed by atoms with E-state index in [1.54, 1.807) is 19.3 Å². The Morgan fingerprint density at radius 1 is 1.13 bits per heavy atom. The van der Waals surface area contributed by atoms with Crippen LogP contribution in [0.4, 0.5) is 8.78 Å². The van der Waals surface area contributed by atoms with Crippen molar-refractivity contribution >= 4 is 11.2 Å². The fourth-order valence-electron chi connectivity index (χ4n) is 4.15. The molecule has 1 aliphatic rings. The number of aromatic nitrogens is 4. The number of halogens is 2. The summed E-state index contributed by atoms with van der Waals surface area (Å²) >= 11 is 0. The molecule has 5 nitrogen and oxygen atoms in total. The zero-order chi connectivity index (χ0) is 22.0. The summed E-state index contributed by atoms with van der Waals surface area (Å²) in [6.45, 7) is 3.51. The molecular weight excluding hydrogens is 398 g/mol. The molecule has 1 fully saturated rings. The number of hydrogen-bond acceptors (Lipinski definition) is 3. The largest absolute Gasteiger partial charge is 0.330 e. The van der Waals surface area contributed by atoms with Crippen LogP contribution in [0.15, 0.2) is 59.7 Å². The molecule has 0 amide bonds. The van der Waals surface area contributed by atoms with Gasteiger partial charge in [-0.15, -0.1) is 0 Å². The van der Waals surface area contributed by atoms with Crippen LogP contribution >= 0.6 is 0 Å². The van der Waals surface area contributed by atoms with Crippen LogP contribution in [0.1, 0.15) is 18.9 Å². The molecule has 1 saturated carbocycles. The van der Waals surface area contributed by atoms with Gasteiger partial charge in [0.05, 0.1) is 16.6 Å². The Morgan fingerprint density at radius 2 is 1.90 bits per heavy atom. The lowest BCUT2D eigenvalue weighted by molar-refractivity contribution is 0.0637. The number of alkyl halides is 2. The molecule has 7 heteroatoms. The van der Waals surface area contributed by atoms with Gasteiger partial charge in [-0.05, 0) is 42.3 Å². The number of rotatable bonds is 4. The first-order valence-electron chi connectivity index (χ1n) is 10.2. The van der Waals surface area contributed by atoms with Gasteiger partial charge in [-0.2, -0.15) is 0 Å². The van der Waals surface area contributed by atoms with Gasteiger partial charge in [0.15, 0.2) is 5.65 Å². The Morgan fingerprint density at radius 3 is 2.58 bits per heavy atom. The van der Waals surface area contributed by atoms with Gasteiger partial charge < -0.3 is 0 Å². The molecule has 0 aliphatic heterocycles. The SMILES string of the molecule is Cc1ccc(-c2cccnc2)cc1-c1ccc2c(n1)n(C)c(=O)n2CC1(C)CC1(F)F. The Bertz CT molecular complexity index is 1370. The quantitative estimate of drug-likeness (QED) is 0.476. The van der Waals surface area contributed by atoms with Crippen molar-refractivity contribution in [3.05, 3.63) is 70.9 Å². The summed E-state index contributed by atoms with van der Waals surface area (Å²) in [5.74, 6) is -2.73. The Kier molecular flexibility index (Phi) is 4.16. The summed E-state index contributed by atoms with van der Waals surface area (Å²) in [5.41, 5.74) is 4.29. The summed E-state index contributed by atoms with van der Waals surface area (Å²) in [6, 6.07) is 13.7. The Balaban J connectivity index is 1.60. The van der Waals surface area contributed by atoms with Crippen LogP contribution in [0.25, 0.3) is 33.5 Å². The van der Waals surface area contributed by atoms with Crippen molar-refractivity contribution in [1.29, 1.82) is 0 Å². The Labute approximate surface area is 178 Å². The summed E-state index contributed by atoms with van der Waals surface area (Å²) < 4.78 is 30.4. The lowest BCUT2D eigenvalue weighted by atomic mass is 9.98. The highest BCUT2D eigenvalue weighted by Crippen LogP contribution is 2.61. The van der Waals surface area contributed by atoms with Gasteiger partial charge in [0.2, 0.25) is 0 Å². The fourth-order valence-corrected chi connectivity index (χ4v) is 4.15. The molecule has 0 radical (unpaired) electrons. The number of nitrogens with zero attached hydrogens (tertiary/aromatic N) is 4. The van der Waals surface area contributed by atoms with E-state index in [9.17, 15) is 13.6 Å². The van der Waals surface area contributed by atoms with Crippen LogP contribution in [-0.2, 0) is 13.6 Å². The van der Waals surface area contributed by atoms with E-state index in [0.717, 1.165) is 27.9 Å². The van der Waals surface area contributed by atoms with Crippen LogP contribution < -0.4 is 5.69 Å². The van der Waals surface area contributed by atoms with E-state index in [1.807, 2.05) is 43.5 Å². The summed E-state index contributed by atoms with van der Waals surface area (Å²) in [5, 5.41) is 0. The Hall–Kier alpha value is -3.35. The molecule has 1 atom stereocenters. The number of pyridine rings is 2. The van der Waals surface area contributed by atoms with E-state index >= 15 is 0 Å². The maximum absolute atomic E-state index is 13.8. The third-order valence-corrected chi connectivity index (χ3v) is 6.37. The summed E-state index contributed by atoms with van der Waals surface area (Å²) in [4.78, 5) is 21.7. The van der Waals surface area contributed by atoms with Crippen molar-refractivity contribution in [2.75, 3.05) is 0 Å². The molecule has 1 unspecified atom stereocenters. The first-order chi connectivity index (χ1) is 14.7. The molecular formula is C24H22F2N4O. The average Bonchev–Trinajstić information content (AvgIpc) is 3.18. The maximum atomic E-state index is 13.8. The number of imidazole rings is 1. The molecule has 1 aromatic carbocycles. The van der Waals surface area contributed by atoms with Crippen LogP contribution in [0.5, 0.6) is 0 Å². The van der Waals surface area contributed by atoms with E-state index in [0.29, 0.717) is 11.2 Å². The maximum Gasteiger partial charge on any atom is 0.330 e. The van der Waals surface area contributed by atoms with Crippen LogP contribution in [0, 0.1) is 12.3 Å². The zero-order valence-electron chi connectivity index (χ0n) is 17.6. The second-order valence-corrected chi connectivity index (χ2v) is 8.68. The third kappa shape index (κ3) is 3.07. The smallest absolute Gasteiger partial charge is 0.290 e. The van der Waals surface area contributed by atoms with Gasteiger partial charge in [0, 0.05) is 43.5 Å². The second kappa shape index (κ2) is 6.57. The molecule has 3 heterocycles. The highest BCUT2D eigenvalue weighted by molar-refractivity contribution is 5.79. The number of hydrogen-bond donors (Lipinski definition) is 0. The van der Waals surface area contributed by atoms with Gasteiger partial charge in [-0.25, -0.2) is 18.6 Å². The van der Waals surface area contributed by atoms with E-state index in [2.05, 4.69) is 11.1 Å². The summed E-state index contributed by atoms with van der Waals surface area (Å²) in [6.07, 6.45) is 3.34. The highest BCUT2D eigenvalue weighted by atomic mass is 19.3. The minimum absolute atomic E-state index is 0.0211. The fraction of sp³-hybridized carbons (Fsp3) is 0.292. The van der Waals surface area contributed by atoms with E-state index in [1.165, 1.54) is 16.1 Å². The van der Waals surface area contributed by atoms with E-state index < -0.39 is 11.3 Å². The molecule has 158 valence electrons. The van der Waals surface area contributed by atoms with Gasteiger partial charge >= 0.3 is 5.69 Å². The topological polar surface area (TPSA) is 52.7 Å². The van der Waals surface area contributed by atoms with Gasteiger partial charge in [-0.3, -0.25) is 14.1 Å². The summed E-state index contributed by atoms with van der Waals surface area (Å²) in [7, 11) is 1.63. The highest BCUT2D eigenvalue weighted by Gasteiger charge is 2.68. The average molecular weight is 420 g/mol. The first kappa shape index (κ1) is 19.6. The van der Waals surface area contributed by atoms with Crippen LogP contribution in [0.2, 0.25) is 0 Å². The molecule has 3 aromatic heterocycles. The molecule has 0 bridgehead atoms. The third-order valence-electron chi connectivity index (χ3n) is 6.37. The van der Waals surface area contributed by atoms with Crippen molar-refractivity contribution < 1.29 is 8.78 Å². The lowest BCUT2D eigenvalue weighted by Crippen LogP contribution is -2.27. The number of benzene rings is 1. The molecule has 0 saturated heterocycles. The van der Waals surface area contributed by atoms with Gasteiger partial charge in [0.25, 0.3) is 5.92 Å². The van der Waals surface area contributed by atoms with Gasteiger partial charge in [-0.1, -0.05) is 25.1 Å². The molecule has 4 aromatic rings. The predicted octanol–water partition coefficient (Wildman–Crippen LogP) is 4.82. The molecule has 0 spiro atoms. The molecule has 31 heavy (non-hydrogen) atoms. The molecule has 0 N–H and O–H groups in total. The van der Waals surface area contributed by atoms with Crippen molar-refractivity contribution in [3.63, 3.8) is 0 Å². The van der Waals surface area contributed by atoms with Crippen molar-refractivity contribution in [2.45, 2.75) is 32.7 Å². The predicted molar refractivity (Wildman–Crippen MR) is 116 cm³/mol. The standard InChI is InChI=1S/C24H22F2N4O/c1-15-6-7-16(17-5-4-10-27-12-17)11-18(15)19-8-9-20-21(28-19)29(3)22(31)30(20)14-23(2)13-24(23,25)26/h4-12H,13-14H2,1-3H3.